The van der Waals surface area contributed by atoms with Crippen molar-refractivity contribution in [3.8, 4) is 5.75 Å². The van der Waals surface area contributed by atoms with Gasteiger partial charge in [0.2, 0.25) is 0 Å². The number of rotatable bonds is 9. The van der Waals surface area contributed by atoms with E-state index in [0.717, 1.165) is 0 Å². The maximum absolute atomic E-state index is 12.0. The van der Waals surface area contributed by atoms with Crippen molar-refractivity contribution in [3.05, 3.63) is 63.7 Å². The average Bonchev–Trinajstić information content (AvgIpc) is 2.72. The van der Waals surface area contributed by atoms with Crippen LogP contribution in [0.2, 0.25) is 0 Å². The first-order valence-electron chi connectivity index (χ1n) is 9.01. The van der Waals surface area contributed by atoms with E-state index < -0.39 is 35.9 Å². The van der Waals surface area contributed by atoms with E-state index in [1.807, 2.05) is 6.92 Å². The second-order valence-electron chi connectivity index (χ2n) is 6.11. The number of anilines is 1. The van der Waals surface area contributed by atoms with Crippen LogP contribution in [0.5, 0.6) is 5.75 Å². The van der Waals surface area contributed by atoms with Gasteiger partial charge in [-0.25, -0.2) is 0 Å². The maximum Gasteiger partial charge on any atom is 0.325 e. The molecule has 0 saturated carbocycles. The summed E-state index contributed by atoms with van der Waals surface area (Å²) in [5, 5.41) is 15.6. The third kappa shape index (κ3) is 6.59. The minimum Gasteiger partial charge on any atom is -0.494 e. The highest BCUT2D eigenvalue weighted by Crippen LogP contribution is 2.21. The van der Waals surface area contributed by atoms with E-state index in [2.05, 4.69) is 10.6 Å². The van der Waals surface area contributed by atoms with Gasteiger partial charge in [-0.1, -0.05) is 0 Å². The molecule has 2 N–H and O–H groups in total. The van der Waals surface area contributed by atoms with Crippen molar-refractivity contribution in [2.75, 3.05) is 25.1 Å². The highest BCUT2D eigenvalue weighted by molar-refractivity contribution is 5.96. The molecule has 2 amide bonds. The molecule has 0 saturated heterocycles. The summed E-state index contributed by atoms with van der Waals surface area (Å²) < 4.78 is 10.1. The number of nitrogens with zero attached hydrogens (tertiary/aromatic N) is 1. The Labute approximate surface area is 172 Å². The van der Waals surface area contributed by atoms with Crippen LogP contribution in [-0.4, -0.2) is 42.5 Å². The minimum absolute atomic E-state index is 0.0970. The first kappa shape index (κ1) is 22.3. The van der Waals surface area contributed by atoms with E-state index >= 15 is 0 Å². The summed E-state index contributed by atoms with van der Waals surface area (Å²) >= 11 is 0. The number of benzene rings is 2. The Bertz CT molecular complexity index is 942. The van der Waals surface area contributed by atoms with E-state index in [0.29, 0.717) is 29.2 Å². The Morgan fingerprint density at radius 1 is 1.10 bits per heavy atom. The fraction of sp³-hybridized carbons (Fsp3) is 0.250. The molecular formula is C20H21N3O7. The molecule has 0 fully saturated rings. The summed E-state index contributed by atoms with van der Waals surface area (Å²) in [7, 11) is 0. The van der Waals surface area contributed by atoms with Crippen molar-refractivity contribution in [2.45, 2.75) is 13.8 Å². The molecule has 0 aliphatic heterocycles. The van der Waals surface area contributed by atoms with Crippen molar-refractivity contribution in [2.24, 2.45) is 0 Å². The van der Waals surface area contributed by atoms with Crippen LogP contribution in [0.4, 0.5) is 11.4 Å². The molecule has 0 aliphatic rings. The van der Waals surface area contributed by atoms with Crippen LogP contribution in [-0.2, 0) is 14.3 Å². The average molecular weight is 415 g/mol. The first-order chi connectivity index (χ1) is 14.3. The molecule has 0 heterocycles. The molecule has 0 bridgehead atoms. The maximum atomic E-state index is 12.0. The SMILES string of the molecule is CCOc1ccc(C(=O)NCC(=O)OCC(=O)Nc2ccc([N+](=O)[O-])cc2C)cc1. The van der Waals surface area contributed by atoms with Crippen molar-refractivity contribution in [3.63, 3.8) is 0 Å². The summed E-state index contributed by atoms with van der Waals surface area (Å²) in [4.78, 5) is 45.9. The van der Waals surface area contributed by atoms with E-state index in [4.69, 9.17) is 9.47 Å². The second-order valence-corrected chi connectivity index (χ2v) is 6.11. The topological polar surface area (TPSA) is 137 Å². The Morgan fingerprint density at radius 2 is 1.80 bits per heavy atom. The zero-order valence-corrected chi connectivity index (χ0v) is 16.5. The van der Waals surface area contributed by atoms with Crippen LogP contribution in [0, 0.1) is 17.0 Å². The van der Waals surface area contributed by atoms with Crippen molar-refractivity contribution < 1.29 is 28.8 Å². The second kappa shape index (κ2) is 10.6. The molecule has 0 atom stereocenters. The quantitative estimate of drug-likeness (QED) is 0.364. The number of nitrogens with one attached hydrogen (secondary N) is 2. The summed E-state index contributed by atoms with van der Waals surface area (Å²) in [5.41, 5.74) is 1.11. The standard InChI is InChI=1S/C20H21N3O7/c1-3-29-16-7-4-14(5-8-16)20(26)21-11-19(25)30-12-18(24)22-17-9-6-15(23(27)28)10-13(17)2/h4-10H,3,11-12H2,1-2H3,(H,21,26)(H,22,24). The lowest BCUT2D eigenvalue weighted by atomic mass is 10.2. The molecule has 0 unspecified atom stereocenters. The monoisotopic (exact) mass is 415 g/mol. The van der Waals surface area contributed by atoms with Crippen LogP contribution in [0.1, 0.15) is 22.8 Å². The zero-order chi connectivity index (χ0) is 22.1. The molecular weight excluding hydrogens is 394 g/mol. The van der Waals surface area contributed by atoms with E-state index in [1.54, 1.807) is 31.2 Å². The van der Waals surface area contributed by atoms with Gasteiger partial charge >= 0.3 is 5.97 Å². The molecule has 10 nitrogen and oxygen atoms in total. The Morgan fingerprint density at radius 3 is 2.40 bits per heavy atom. The van der Waals surface area contributed by atoms with Crippen LogP contribution >= 0.6 is 0 Å². The Balaban J connectivity index is 1.76. The number of nitro benzene ring substituents is 1. The number of amides is 2. The molecule has 0 radical (unpaired) electrons. The number of aryl methyl sites for hydroxylation is 1. The van der Waals surface area contributed by atoms with Gasteiger partial charge in [-0.2, -0.15) is 0 Å². The molecule has 0 spiro atoms. The third-order valence-corrected chi connectivity index (χ3v) is 3.88. The van der Waals surface area contributed by atoms with Crippen LogP contribution < -0.4 is 15.4 Å². The Kier molecular flexibility index (Phi) is 7.86. The third-order valence-electron chi connectivity index (χ3n) is 3.88. The largest absolute Gasteiger partial charge is 0.494 e. The molecule has 2 rings (SSSR count). The highest BCUT2D eigenvalue weighted by Gasteiger charge is 2.13. The molecule has 0 aliphatic carbocycles. The molecule has 2 aromatic rings. The molecule has 30 heavy (non-hydrogen) atoms. The Hall–Kier alpha value is -3.95. The minimum atomic E-state index is -0.787. The fourth-order valence-electron chi connectivity index (χ4n) is 2.41. The van der Waals surface area contributed by atoms with Crippen molar-refractivity contribution >= 4 is 29.2 Å². The molecule has 2 aromatic carbocycles. The highest BCUT2D eigenvalue weighted by atomic mass is 16.6. The van der Waals surface area contributed by atoms with E-state index in [-0.39, 0.29) is 5.69 Å². The normalized spacial score (nSPS) is 10.1. The van der Waals surface area contributed by atoms with Gasteiger partial charge in [0.25, 0.3) is 17.5 Å². The number of esters is 1. The lowest BCUT2D eigenvalue weighted by molar-refractivity contribution is -0.384. The number of hydrogen-bond donors (Lipinski definition) is 2. The molecule has 0 aromatic heterocycles. The van der Waals surface area contributed by atoms with E-state index in [9.17, 15) is 24.5 Å². The first-order valence-corrected chi connectivity index (χ1v) is 9.01. The van der Waals surface area contributed by atoms with E-state index in [1.165, 1.54) is 18.2 Å². The van der Waals surface area contributed by atoms with Crippen molar-refractivity contribution in [1.82, 2.24) is 5.32 Å². The van der Waals surface area contributed by atoms with Gasteiger partial charge < -0.3 is 20.1 Å². The molecule has 158 valence electrons. The summed E-state index contributed by atoms with van der Waals surface area (Å²) in [6, 6.07) is 10.4. The lowest BCUT2D eigenvalue weighted by Crippen LogP contribution is -2.32. The van der Waals surface area contributed by atoms with Gasteiger partial charge in [0.05, 0.1) is 11.5 Å². The smallest absolute Gasteiger partial charge is 0.325 e. The molecule has 10 heteroatoms. The van der Waals surface area contributed by atoms with Gasteiger partial charge in [0, 0.05) is 23.4 Å². The number of non-ortho nitro benzene ring substituents is 1. The number of ether oxygens (including phenoxy) is 2. The van der Waals surface area contributed by atoms with Gasteiger partial charge in [0.1, 0.15) is 12.3 Å². The van der Waals surface area contributed by atoms with Gasteiger partial charge in [-0.05, 0) is 49.7 Å². The zero-order valence-electron chi connectivity index (χ0n) is 16.5. The predicted octanol–water partition coefficient (Wildman–Crippen LogP) is 2.21. The van der Waals surface area contributed by atoms with Crippen molar-refractivity contribution in [1.29, 1.82) is 0 Å². The fourth-order valence-corrected chi connectivity index (χ4v) is 2.41. The van der Waals surface area contributed by atoms with Crippen LogP contribution in [0.25, 0.3) is 0 Å². The van der Waals surface area contributed by atoms with Gasteiger partial charge in [-0.3, -0.25) is 24.5 Å². The van der Waals surface area contributed by atoms with Gasteiger partial charge in [0.15, 0.2) is 6.61 Å². The number of nitro groups is 1. The van der Waals surface area contributed by atoms with Crippen LogP contribution in [0.3, 0.4) is 0 Å². The predicted molar refractivity (Wildman–Crippen MR) is 107 cm³/mol. The van der Waals surface area contributed by atoms with Gasteiger partial charge in [-0.15, -0.1) is 0 Å². The lowest BCUT2D eigenvalue weighted by Gasteiger charge is -2.09. The number of carbonyl (C=O) groups excluding carboxylic acids is 3. The van der Waals surface area contributed by atoms with Crippen LogP contribution in [0.15, 0.2) is 42.5 Å². The summed E-state index contributed by atoms with van der Waals surface area (Å²) in [6.07, 6.45) is 0. The summed E-state index contributed by atoms with van der Waals surface area (Å²) in [6.45, 7) is 2.99. The summed E-state index contributed by atoms with van der Waals surface area (Å²) in [5.74, 6) is -1.24. The number of hydrogen-bond acceptors (Lipinski definition) is 7. The number of carbonyl (C=O) groups is 3.